The smallest absolute Gasteiger partial charge is 0.226 e. The monoisotopic (exact) mass is 336 g/mol. The lowest BCUT2D eigenvalue weighted by Gasteiger charge is -2.33. The molecule has 0 saturated carbocycles. The van der Waals surface area contributed by atoms with E-state index in [0.29, 0.717) is 5.89 Å². The number of aliphatic hydroxyl groups excluding tert-OH is 1. The van der Waals surface area contributed by atoms with Gasteiger partial charge in [-0.2, -0.15) is 0 Å². The molecule has 0 amide bonds. The molecule has 1 aliphatic rings. The molecule has 3 aromatic rings. The molecule has 1 unspecified atom stereocenters. The first-order valence-electron chi connectivity index (χ1n) is 9.05. The Morgan fingerprint density at radius 3 is 2.84 bits per heavy atom. The molecule has 1 aromatic heterocycles. The Hall–Kier alpha value is -2.17. The van der Waals surface area contributed by atoms with E-state index in [4.69, 9.17) is 9.40 Å². The fraction of sp³-hybridized carbons (Fsp3) is 0.381. The normalized spacial score (nSPS) is 18.7. The van der Waals surface area contributed by atoms with Gasteiger partial charge in [-0.1, -0.05) is 36.8 Å². The van der Waals surface area contributed by atoms with E-state index in [9.17, 15) is 5.11 Å². The molecule has 0 radical (unpaired) electrons. The first-order chi connectivity index (χ1) is 12.2. The molecule has 4 nitrogen and oxygen atoms in total. The summed E-state index contributed by atoms with van der Waals surface area (Å²) >= 11 is 0. The molecule has 1 N–H and O–H groups in total. The van der Waals surface area contributed by atoms with Crippen molar-refractivity contribution in [2.75, 3.05) is 13.2 Å². The predicted octanol–water partition coefficient (Wildman–Crippen LogP) is 4.15. The minimum Gasteiger partial charge on any atom is -0.441 e. The number of aromatic nitrogens is 1. The maximum absolute atomic E-state index is 9.61. The van der Waals surface area contributed by atoms with Gasteiger partial charge in [-0.15, -0.1) is 0 Å². The molecule has 2 heterocycles. The second kappa shape index (κ2) is 6.98. The fourth-order valence-corrected chi connectivity index (χ4v) is 3.69. The minimum atomic E-state index is 0.217. The number of aryl methyl sites for hydroxylation is 1. The van der Waals surface area contributed by atoms with Crippen molar-refractivity contribution >= 4 is 10.8 Å². The SMILES string of the molecule is Cc1oc(-c2ccc3ccccc3c2)nc1CN1CCCCC1CO. The summed E-state index contributed by atoms with van der Waals surface area (Å²) in [5, 5.41) is 12.0. The molecule has 1 atom stereocenters. The molecule has 4 rings (SSSR count). The van der Waals surface area contributed by atoms with Crippen LogP contribution in [-0.4, -0.2) is 34.2 Å². The van der Waals surface area contributed by atoms with Crippen LogP contribution in [0.1, 0.15) is 30.7 Å². The number of oxazole rings is 1. The number of hydrogen-bond donors (Lipinski definition) is 1. The number of rotatable bonds is 4. The van der Waals surface area contributed by atoms with Gasteiger partial charge in [0.1, 0.15) is 5.76 Å². The highest BCUT2D eigenvalue weighted by molar-refractivity contribution is 5.86. The molecule has 0 bridgehead atoms. The fourth-order valence-electron chi connectivity index (χ4n) is 3.69. The Labute approximate surface area is 148 Å². The highest BCUT2D eigenvalue weighted by Crippen LogP contribution is 2.27. The van der Waals surface area contributed by atoms with Crippen LogP contribution in [0.25, 0.3) is 22.2 Å². The first-order valence-corrected chi connectivity index (χ1v) is 9.05. The van der Waals surface area contributed by atoms with Gasteiger partial charge < -0.3 is 9.52 Å². The highest BCUT2D eigenvalue weighted by Gasteiger charge is 2.24. The number of piperidine rings is 1. The number of hydrogen-bond acceptors (Lipinski definition) is 4. The van der Waals surface area contributed by atoms with Crippen LogP contribution < -0.4 is 0 Å². The number of likely N-dealkylation sites (tertiary alicyclic amines) is 1. The molecule has 4 heteroatoms. The second-order valence-electron chi connectivity index (χ2n) is 6.89. The van der Waals surface area contributed by atoms with Gasteiger partial charge >= 0.3 is 0 Å². The Balaban J connectivity index is 1.60. The van der Waals surface area contributed by atoms with Gasteiger partial charge in [0.15, 0.2) is 0 Å². The second-order valence-corrected chi connectivity index (χ2v) is 6.89. The number of fused-ring (bicyclic) bond motifs is 1. The lowest BCUT2D eigenvalue weighted by molar-refractivity contribution is 0.0828. The van der Waals surface area contributed by atoms with Gasteiger partial charge in [0.05, 0.1) is 12.3 Å². The summed E-state index contributed by atoms with van der Waals surface area (Å²) in [6.07, 6.45) is 3.44. The Bertz CT molecular complexity index is 871. The van der Waals surface area contributed by atoms with Gasteiger partial charge in [-0.05, 0) is 49.2 Å². The summed E-state index contributed by atoms with van der Waals surface area (Å²) in [4.78, 5) is 7.09. The summed E-state index contributed by atoms with van der Waals surface area (Å²) in [5.41, 5.74) is 1.98. The molecule has 25 heavy (non-hydrogen) atoms. The van der Waals surface area contributed by atoms with Crippen molar-refractivity contribution in [3.8, 4) is 11.5 Å². The third kappa shape index (κ3) is 3.32. The van der Waals surface area contributed by atoms with Gasteiger partial charge in [0, 0.05) is 18.2 Å². The zero-order valence-corrected chi connectivity index (χ0v) is 14.6. The van der Waals surface area contributed by atoms with Crippen LogP contribution >= 0.6 is 0 Å². The summed E-state index contributed by atoms with van der Waals surface area (Å²) in [7, 11) is 0. The van der Waals surface area contributed by atoms with E-state index in [1.165, 1.54) is 23.6 Å². The van der Waals surface area contributed by atoms with Crippen LogP contribution in [0.3, 0.4) is 0 Å². The highest BCUT2D eigenvalue weighted by atomic mass is 16.4. The quantitative estimate of drug-likeness (QED) is 0.777. The van der Waals surface area contributed by atoms with E-state index < -0.39 is 0 Å². The van der Waals surface area contributed by atoms with Crippen molar-refractivity contribution < 1.29 is 9.52 Å². The van der Waals surface area contributed by atoms with Crippen LogP contribution in [0.2, 0.25) is 0 Å². The Kier molecular flexibility index (Phi) is 4.55. The van der Waals surface area contributed by atoms with Gasteiger partial charge in [0.2, 0.25) is 5.89 Å². The number of aliphatic hydroxyl groups is 1. The van der Waals surface area contributed by atoms with E-state index in [-0.39, 0.29) is 12.6 Å². The van der Waals surface area contributed by atoms with Crippen LogP contribution in [0.15, 0.2) is 46.9 Å². The van der Waals surface area contributed by atoms with Crippen molar-refractivity contribution in [1.29, 1.82) is 0 Å². The van der Waals surface area contributed by atoms with Crippen molar-refractivity contribution in [3.63, 3.8) is 0 Å². The largest absolute Gasteiger partial charge is 0.441 e. The van der Waals surface area contributed by atoms with E-state index in [0.717, 1.165) is 36.5 Å². The van der Waals surface area contributed by atoms with E-state index in [1.54, 1.807) is 0 Å². The summed E-state index contributed by atoms with van der Waals surface area (Å²) in [5.74, 6) is 1.54. The first kappa shape index (κ1) is 16.3. The van der Waals surface area contributed by atoms with Crippen LogP contribution in [0, 0.1) is 6.92 Å². The maximum Gasteiger partial charge on any atom is 0.226 e. The average Bonchev–Trinajstić information content (AvgIpc) is 3.02. The Morgan fingerprint density at radius 2 is 2.00 bits per heavy atom. The molecular weight excluding hydrogens is 312 g/mol. The van der Waals surface area contributed by atoms with E-state index in [1.807, 2.05) is 19.1 Å². The molecule has 1 fully saturated rings. The van der Waals surface area contributed by atoms with Crippen LogP contribution in [-0.2, 0) is 6.54 Å². The zero-order chi connectivity index (χ0) is 17.2. The summed E-state index contributed by atoms with van der Waals surface area (Å²) < 4.78 is 5.96. The Morgan fingerprint density at radius 1 is 1.16 bits per heavy atom. The topological polar surface area (TPSA) is 49.5 Å². The average molecular weight is 336 g/mol. The summed E-state index contributed by atoms with van der Waals surface area (Å²) in [6.45, 7) is 3.95. The van der Waals surface area contributed by atoms with E-state index >= 15 is 0 Å². The van der Waals surface area contributed by atoms with Gasteiger partial charge in [-0.25, -0.2) is 4.98 Å². The zero-order valence-electron chi connectivity index (χ0n) is 14.6. The molecule has 2 aromatic carbocycles. The molecule has 0 spiro atoms. The third-order valence-corrected chi connectivity index (χ3v) is 5.20. The van der Waals surface area contributed by atoms with Gasteiger partial charge in [-0.3, -0.25) is 4.90 Å². The van der Waals surface area contributed by atoms with Crippen molar-refractivity contribution in [2.24, 2.45) is 0 Å². The number of nitrogens with zero attached hydrogens (tertiary/aromatic N) is 2. The van der Waals surface area contributed by atoms with E-state index in [2.05, 4.69) is 35.2 Å². The predicted molar refractivity (Wildman–Crippen MR) is 99.3 cm³/mol. The maximum atomic E-state index is 9.61. The molecule has 1 saturated heterocycles. The molecular formula is C21H24N2O2. The minimum absolute atomic E-state index is 0.217. The van der Waals surface area contributed by atoms with Crippen LogP contribution in [0.5, 0.6) is 0 Å². The molecule has 0 aliphatic carbocycles. The lowest BCUT2D eigenvalue weighted by atomic mass is 10.0. The molecule has 130 valence electrons. The van der Waals surface area contributed by atoms with Crippen molar-refractivity contribution in [1.82, 2.24) is 9.88 Å². The third-order valence-electron chi connectivity index (χ3n) is 5.20. The lowest BCUT2D eigenvalue weighted by Crippen LogP contribution is -2.41. The van der Waals surface area contributed by atoms with Crippen molar-refractivity contribution in [2.45, 2.75) is 38.8 Å². The standard InChI is InChI=1S/C21H24N2O2/c1-15-20(13-23-11-5-4-8-19(23)14-24)22-21(25-15)18-10-9-16-6-2-3-7-17(16)12-18/h2-3,6-7,9-10,12,19,24H,4-5,8,11,13-14H2,1H3. The van der Waals surface area contributed by atoms with Crippen LogP contribution in [0.4, 0.5) is 0 Å². The van der Waals surface area contributed by atoms with Crippen molar-refractivity contribution in [3.05, 3.63) is 53.9 Å². The van der Waals surface area contributed by atoms with Gasteiger partial charge in [0.25, 0.3) is 0 Å². The number of benzene rings is 2. The summed E-state index contributed by atoms with van der Waals surface area (Å²) in [6, 6.07) is 14.8. The molecule has 1 aliphatic heterocycles.